The monoisotopic (exact) mass is 376 g/mol. The average molecular weight is 376 g/mol. The van der Waals surface area contributed by atoms with Crippen LogP contribution in [-0.2, 0) is 6.54 Å². The predicted octanol–water partition coefficient (Wildman–Crippen LogP) is 2.11. The summed E-state index contributed by atoms with van der Waals surface area (Å²) in [6.45, 7) is 6.39. The molecule has 0 saturated carbocycles. The average Bonchev–Trinajstić information content (AvgIpc) is 3.17. The molecule has 1 atom stereocenters. The van der Waals surface area contributed by atoms with Crippen LogP contribution in [-0.4, -0.2) is 40.0 Å². The maximum absolute atomic E-state index is 11.5. The first-order valence-electron chi connectivity index (χ1n) is 9.48. The van der Waals surface area contributed by atoms with E-state index < -0.39 is 5.91 Å². The van der Waals surface area contributed by atoms with Gasteiger partial charge < -0.3 is 16.0 Å². The number of hydrogen-bond acceptors (Lipinski definition) is 6. The lowest BCUT2D eigenvalue weighted by Crippen LogP contribution is -2.33. The van der Waals surface area contributed by atoms with E-state index in [0.29, 0.717) is 6.04 Å². The Morgan fingerprint density at radius 2 is 2.14 bits per heavy atom. The van der Waals surface area contributed by atoms with E-state index in [1.54, 1.807) is 0 Å². The summed E-state index contributed by atoms with van der Waals surface area (Å²) < 4.78 is 0. The molecule has 0 radical (unpaired) electrons. The molecule has 3 N–H and O–H groups in total. The largest absolute Gasteiger partial charge is 0.363 e. The quantitative estimate of drug-likeness (QED) is 0.708. The van der Waals surface area contributed by atoms with Crippen molar-refractivity contribution in [3.8, 4) is 0 Å². The molecule has 4 rings (SSSR count). The van der Waals surface area contributed by atoms with Gasteiger partial charge in [0.05, 0.1) is 5.52 Å². The molecule has 0 spiro atoms. The minimum absolute atomic E-state index is 0.0827. The fourth-order valence-corrected chi connectivity index (χ4v) is 3.65. The number of benzene rings is 1. The Kier molecular flexibility index (Phi) is 4.92. The smallest absolute Gasteiger partial charge is 0.286 e. The van der Waals surface area contributed by atoms with Gasteiger partial charge in [-0.05, 0) is 44.0 Å². The van der Waals surface area contributed by atoms with Crippen molar-refractivity contribution < 1.29 is 4.79 Å². The highest BCUT2D eigenvalue weighted by molar-refractivity contribution is 5.89. The lowest BCUT2D eigenvalue weighted by Gasteiger charge is -2.21. The van der Waals surface area contributed by atoms with Gasteiger partial charge in [-0.2, -0.15) is 0 Å². The van der Waals surface area contributed by atoms with Crippen LogP contribution in [0.4, 0.5) is 5.82 Å². The van der Waals surface area contributed by atoms with E-state index >= 15 is 0 Å². The summed E-state index contributed by atoms with van der Waals surface area (Å²) in [6, 6.07) is 10.8. The van der Waals surface area contributed by atoms with Gasteiger partial charge in [0.15, 0.2) is 0 Å². The number of primary amides is 1. The van der Waals surface area contributed by atoms with Crippen LogP contribution in [0.5, 0.6) is 0 Å². The summed E-state index contributed by atoms with van der Waals surface area (Å²) in [7, 11) is 0. The lowest BCUT2D eigenvalue weighted by atomic mass is 10.1. The summed E-state index contributed by atoms with van der Waals surface area (Å²) in [6.07, 6.45) is 2.83. The molecule has 28 heavy (non-hydrogen) atoms. The van der Waals surface area contributed by atoms with Crippen molar-refractivity contribution in [3.05, 3.63) is 59.2 Å². The molecule has 1 aliphatic heterocycles. The van der Waals surface area contributed by atoms with Crippen LogP contribution in [0.1, 0.15) is 33.9 Å². The number of nitrogens with two attached hydrogens (primary N) is 1. The van der Waals surface area contributed by atoms with Gasteiger partial charge in [0.25, 0.3) is 5.91 Å². The van der Waals surface area contributed by atoms with Crippen LogP contribution in [0.3, 0.4) is 0 Å². The van der Waals surface area contributed by atoms with Crippen LogP contribution < -0.4 is 16.0 Å². The van der Waals surface area contributed by atoms with Crippen molar-refractivity contribution in [2.75, 3.05) is 18.0 Å². The zero-order chi connectivity index (χ0) is 19.7. The summed E-state index contributed by atoms with van der Waals surface area (Å²) >= 11 is 0. The Labute approximate surface area is 164 Å². The number of aryl methyl sites for hydroxylation is 1. The molecule has 1 aliphatic rings. The predicted molar refractivity (Wildman–Crippen MR) is 109 cm³/mol. The zero-order valence-corrected chi connectivity index (χ0v) is 16.1. The molecular formula is C21H24N6O. The number of nitrogens with one attached hydrogen (secondary N) is 1. The maximum Gasteiger partial charge on any atom is 0.286 e. The molecule has 2 aromatic heterocycles. The number of carbonyl (C=O) groups is 1. The van der Waals surface area contributed by atoms with Crippen molar-refractivity contribution in [2.45, 2.75) is 32.9 Å². The molecule has 1 amide bonds. The number of pyridine rings is 1. The van der Waals surface area contributed by atoms with Crippen molar-refractivity contribution in [2.24, 2.45) is 5.73 Å². The number of aromatic nitrogens is 3. The van der Waals surface area contributed by atoms with Gasteiger partial charge in [0, 0.05) is 48.5 Å². The van der Waals surface area contributed by atoms with Gasteiger partial charge in [-0.15, -0.1) is 0 Å². The number of amides is 1. The number of hydrogen-bond donors (Lipinski definition) is 2. The first kappa shape index (κ1) is 18.3. The van der Waals surface area contributed by atoms with E-state index in [2.05, 4.69) is 49.4 Å². The van der Waals surface area contributed by atoms with Gasteiger partial charge in [-0.25, -0.2) is 9.97 Å². The van der Waals surface area contributed by atoms with E-state index in [4.69, 9.17) is 5.73 Å². The van der Waals surface area contributed by atoms with E-state index in [1.807, 2.05) is 26.1 Å². The van der Waals surface area contributed by atoms with Crippen LogP contribution >= 0.6 is 0 Å². The normalized spacial score (nSPS) is 16.6. The highest BCUT2D eigenvalue weighted by Crippen LogP contribution is 2.24. The first-order chi connectivity index (χ1) is 13.5. The molecule has 0 bridgehead atoms. The van der Waals surface area contributed by atoms with Crippen molar-refractivity contribution >= 4 is 22.6 Å². The molecule has 7 heteroatoms. The van der Waals surface area contributed by atoms with E-state index in [1.165, 1.54) is 5.56 Å². The minimum atomic E-state index is -0.594. The third kappa shape index (κ3) is 3.66. The number of carbonyl (C=O) groups excluding carboxylic acids is 1. The maximum atomic E-state index is 11.5. The number of anilines is 1. The SMILES string of the molecule is Cc1nc(C(N)=O)nc(N2CC[C@@H](NCc3ccc4ncccc4c3)C2)c1C. The molecule has 3 heterocycles. The Morgan fingerprint density at radius 1 is 1.29 bits per heavy atom. The Balaban J connectivity index is 1.43. The second-order valence-electron chi connectivity index (χ2n) is 7.29. The van der Waals surface area contributed by atoms with E-state index in [-0.39, 0.29) is 5.82 Å². The van der Waals surface area contributed by atoms with Gasteiger partial charge in [0.2, 0.25) is 5.82 Å². The molecule has 0 unspecified atom stereocenters. The minimum Gasteiger partial charge on any atom is -0.363 e. The Hall–Kier alpha value is -3.06. The molecule has 0 aliphatic carbocycles. The summed E-state index contributed by atoms with van der Waals surface area (Å²) in [5.41, 5.74) is 9.42. The van der Waals surface area contributed by atoms with Gasteiger partial charge in [-0.1, -0.05) is 12.1 Å². The van der Waals surface area contributed by atoms with Crippen LogP contribution in [0.15, 0.2) is 36.5 Å². The second kappa shape index (κ2) is 7.52. The number of fused-ring (bicyclic) bond motifs is 1. The van der Waals surface area contributed by atoms with Crippen LogP contribution in [0.2, 0.25) is 0 Å². The van der Waals surface area contributed by atoms with Gasteiger partial charge in [-0.3, -0.25) is 9.78 Å². The van der Waals surface area contributed by atoms with E-state index in [9.17, 15) is 4.79 Å². The molecule has 144 valence electrons. The van der Waals surface area contributed by atoms with Gasteiger partial charge in [0.1, 0.15) is 5.82 Å². The molecular weight excluding hydrogens is 352 g/mol. The summed E-state index contributed by atoms with van der Waals surface area (Å²) in [4.78, 5) is 26.7. The standard InChI is InChI=1S/C21H24N6O/c1-13-14(2)25-20(19(22)28)26-21(13)27-9-7-17(12-27)24-11-15-5-6-18-16(10-15)4-3-8-23-18/h3-6,8,10,17,24H,7,9,11-12H2,1-2H3,(H2,22,28)/t17-/m1/s1. The highest BCUT2D eigenvalue weighted by atomic mass is 16.1. The topological polar surface area (TPSA) is 97.0 Å². The zero-order valence-electron chi connectivity index (χ0n) is 16.1. The van der Waals surface area contributed by atoms with Crippen molar-refractivity contribution in [1.29, 1.82) is 0 Å². The van der Waals surface area contributed by atoms with E-state index in [0.717, 1.165) is 54.0 Å². The molecule has 1 aromatic carbocycles. The first-order valence-corrected chi connectivity index (χ1v) is 9.48. The highest BCUT2D eigenvalue weighted by Gasteiger charge is 2.26. The van der Waals surface area contributed by atoms with Crippen molar-refractivity contribution in [1.82, 2.24) is 20.3 Å². The Morgan fingerprint density at radius 3 is 2.96 bits per heavy atom. The number of nitrogens with zero attached hydrogens (tertiary/aromatic N) is 4. The Bertz CT molecular complexity index is 1030. The molecule has 7 nitrogen and oxygen atoms in total. The van der Waals surface area contributed by atoms with Crippen molar-refractivity contribution in [3.63, 3.8) is 0 Å². The van der Waals surface area contributed by atoms with Gasteiger partial charge >= 0.3 is 0 Å². The number of rotatable bonds is 5. The van der Waals surface area contributed by atoms with Crippen LogP contribution in [0.25, 0.3) is 10.9 Å². The molecule has 1 fully saturated rings. The summed E-state index contributed by atoms with van der Waals surface area (Å²) in [5, 5.41) is 4.79. The summed E-state index contributed by atoms with van der Waals surface area (Å²) in [5.74, 6) is 0.297. The molecule has 1 saturated heterocycles. The molecule has 3 aromatic rings. The lowest BCUT2D eigenvalue weighted by molar-refractivity contribution is 0.0990. The van der Waals surface area contributed by atoms with Crippen LogP contribution in [0, 0.1) is 13.8 Å². The third-order valence-electron chi connectivity index (χ3n) is 5.33. The fraction of sp³-hybridized carbons (Fsp3) is 0.333. The fourth-order valence-electron chi connectivity index (χ4n) is 3.65. The second-order valence-corrected chi connectivity index (χ2v) is 7.29. The third-order valence-corrected chi connectivity index (χ3v) is 5.33.